The van der Waals surface area contributed by atoms with Crippen LogP contribution in [0.3, 0.4) is 0 Å². The summed E-state index contributed by atoms with van der Waals surface area (Å²) in [6.07, 6.45) is 4.51. The first-order valence-electron chi connectivity index (χ1n) is 5.52. The molecule has 2 rings (SSSR count). The summed E-state index contributed by atoms with van der Waals surface area (Å²) in [4.78, 5) is 4.25. The van der Waals surface area contributed by atoms with Crippen molar-refractivity contribution in [1.29, 1.82) is 0 Å². The van der Waals surface area contributed by atoms with E-state index in [0.717, 1.165) is 24.5 Å². The fourth-order valence-electron chi connectivity index (χ4n) is 1.66. The monoisotopic (exact) mass is 284 g/mol. The zero-order valence-corrected chi connectivity index (χ0v) is 11.5. The molecule has 0 amide bonds. The quantitative estimate of drug-likeness (QED) is 0.849. The average Bonchev–Trinajstić information content (AvgIpc) is 2.72. The van der Waals surface area contributed by atoms with Crippen LogP contribution < -0.4 is 11.1 Å². The van der Waals surface area contributed by atoms with Gasteiger partial charge < -0.3 is 15.6 Å². The Kier molecular flexibility index (Phi) is 3.99. The van der Waals surface area contributed by atoms with Crippen molar-refractivity contribution in [3.8, 4) is 0 Å². The largest absolute Gasteiger partial charge is 0.397 e. The summed E-state index contributed by atoms with van der Waals surface area (Å²) >= 11 is 11.8. The van der Waals surface area contributed by atoms with Crippen molar-refractivity contribution in [3.63, 3.8) is 0 Å². The normalized spacial score (nSPS) is 10.6. The van der Waals surface area contributed by atoms with E-state index in [1.807, 2.05) is 17.8 Å². The van der Waals surface area contributed by atoms with Crippen LogP contribution in [0.15, 0.2) is 24.5 Å². The van der Waals surface area contributed by atoms with Gasteiger partial charge in [0.25, 0.3) is 0 Å². The first-order valence-corrected chi connectivity index (χ1v) is 6.28. The van der Waals surface area contributed by atoms with Crippen LogP contribution in [0, 0.1) is 0 Å². The highest BCUT2D eigenvalue weighted by Crippen LogP contribution is 2.30. The van der Waals surface area contributed by atoms with Crippen LogP contribution in [0.5, 0.6) is 0 Å². The molecule has 0 aliphatic rings. The Morgan fingerprint density at radius 2 is 2.06 bits per heavy atom. The van der Waals surface area contributed by atoms with Crippen LogP contribution >= 0.6 is 23.2 Å². The number of nitrogens with zero attached hydrogens (tertiary/aromatic N) is 2. The predicted molar refractivity (Wildman–Crippen MR) is 76.3 cm³/mol. The number of nitrogens with one attached hydrogen (secondary N) is 1. The second kappa shape index (κ2) is 5.50. The van der Waals surface area contributed by atoms with Gasteiger partial charge in [-0.05, 0) is 12.1 Å². The zero-order chi connectivity index (χ0) is 13.1. The molecule has 0 spiro atoms. The summed E-state index contributed by atoms with van der Waals surface area (Å²) in [5.74, 6) is 1.01. The number of benzene rings is 1. The van der Waals surface area contributed by atoms with Gasteiger partial charge in [0.05, 0.1) is 21.4 Å². The maximum Gasteiger partial charge on any atom is 0.110 e. The van der Waals surface area contributed by atoms with Gasteiger partial charge in [-0.2, -0.15) is 0 Å². The Hall–Kier alpha value is -1.39. The summed E-state index contributed by atoms with van der Waals surface area (Å²) < 4.78 is 1.99. The lowest BCUT2D eigenvalue weighted by molar-refractivity contribution is 0.790. The van der Waals surface area contributed by atoms with Crippen molar-refractivity contribution in [3.05, 3.63) is 40.4 Å². The number of aromatic nitrogens is 2. The third-order valence-electron chi connectivity index (χ3n) is 2.68. The van der Waals surface area contributed by atoms with Crippen molar-refractivity contribution >= 4 is 34.6 Å². The molecule has 0 saturated carbocycles. The van der Waals surface area contributed by atoms with E-state index in [-0.39, 0.29) is 0 Å². The second-order valence-electron chi connectivity index (χ2n) is 3.98. The van der Waals surface area contributed by atoms with Crippen molar-refractivity contribution in [1.82, 2.24) is 9.55 Å². The summed E-state index contributed by atoms with van der Waals surface area (Å²) in [5.41, 5.74) is 7.23. The minimum atomic E-state index is 0.462. The van der Waals surface area contributed by atoms with Gasteiger partial charge in [-0.15, -0.1) is 0 Å². The Bertz CT molecular complexity index is 551. The lowest BCUT2D eigenvalue weighted by Crippen LogP contribution is -2.09. The minimum Gasteiger partial charge on any atom is -0.397 e. The van der Waals surface area contributed by atoms with Crippen molar-refractivity contribution in [2.24, 2.45) is 7.05 Å². The Balaban J connectivity index is 1.99. The molecule has 0 bridgehead atoms. The molecule has 0 aliphatic carbocycles. The molecule has 4 nitrogen and oxygen atoms in total. The van der Waals surface area contributed by atoms with Crippen LogP contribution in [0.25, 0.3) is 0 Å². The van der Waals surface area contributed by atoms with E-state index in [1.165, 1.54) is 0 Å². The average molecular weight is 285 g/mol. The molecule has 96 valence electrons. The standard InChI is InChI=1S/C12H14Cl2N4/c1-18-5-4-17-12(18)2-3-16-11-7-9(14)8(13)6-10(11)15/h4-7,16H,2-3,15H2,1H3. The fraction of sp³-hybridized carbons (Fsp3) is 0.250. The van der Waals surface area contributed by atoms with Gasteiger partial charge in [-0.25, -0.2) is 4.98 Å². The van der Waals surface area contributed by atoms with E-state index in [9.17, 15) is 0 Å². The van der Waals surface area contributed by atoms with E-state index >= 15 is 0 Å². The van der Waals surface area contributed by atoms with Gasteiger partial charge >= 0.3 is 0 Å². The number of nitrogens with two attached hydrogens (primary N) is 1. The molecule has 1 heterocycles. The van der Waals surface area contributed by atoms with Gasteiger partial charge in [-0.3, -0.25) is 0 Å². The van der Waals surface area contributed by atoms with Gasteiger partial charge in [0.1, 0.15) is 5.82 Å². The number of nitrogen functional groups attached to an aromatic ring is 1. The molecule has 0 atom stereocenters. The van der Waals surface area contributed by atoms with Crippen LogP contribution in [0.2, 0.25) is 10.0 Å². The van der Waals surface area contributed by atoms with Crippen molar-refractivity contribution < 1.29 is 0 Å². The van der Waals surface area contributed by atoms with Crippen molar-refractivity contribution in [2.75, 3.05) is 17.6 Å². The first-order chi connectivity index (χ1) is 8.58. The molecule has 0 radical (unpaired) electrons. The Labute approximate surface area is 116 Å². The Morgan fingerprint density at radius 3 is 2.72 bits per heavy atom. The van der Waals surface area contributed by atoms with Gasteiger partial charge in [0.15, 0.2) is 0 Å². The number of imidazole rings is 1. The maximum atomic E-state index is 5.95. The minimum absolute atomic E-state index is 0.462. The van der Waals surface area contributed by atoms with E-state index in [0.29, 0.717) is 15.7 Å². The molecular formula is C12H14Cl2N4. The summed E-state index contributed by atoms with van der Waals surface area (Å²) in [6, 6.07) is 3.38. The third kappa shape index (κ3) is 2.89. The van der Waals surface area contributed by atoms with Crippen LogP contribution in [0.1, 0.15) is 5.82 Å². The summed E-state index contributed by atoms with van der Waals surface area (Å²) in [6.45, 7) is 0.729. The molecule has 0 unspecified atom stereocenters. The van der Waals surface area contributed by atoms with Crippen LogP contribution in [-0.4, -0.2) is 16.1 Å². The van der Waals surface area contributed by atoms with Crippen molar-refractivity contribution in [2.45, 2.75) is 6.42 Å². The van der Waals surface area contributed by atoms with Crippen LogP contribution in [-0.2, 0) is 13.5 Å². The molecule has 0 saturated heterocycles. The molecule has 0 aliphatic heterocycles. The zero-order valence-electron chi connectivity index (χ0n) is 9.95. The molecule has 2 aromatic rings. The third-order valence-corrected chi connectivity index (χ3v) is 3.40. The number of rotatable bonds is 4. The molecule has 1 aromatic carbocycles. The highest BCUT2D eigenvalue weighted by molar-refractivity contribution is 6.42. The predicted octanol–water partition coefficient (Wildman–Crippen LogP) is 2.96. The van der Waals surface area contributed by atoms with E-state index in [2.05, 4.69) is 10.3 Å². The maximum absolute atomic E-state index is 5.95. The van der Waals surface area contributed by atoms with E-state index < -0.39 is 0 Å². The highest BCUT2D eigenvalue weighted by Gasteiger charge is 2.05. The molecule has 0 fully saturated rings. The Morgan fingerprint density at radius 1 is 1.33 bits per heavy atom. The topological polar surface area (TPSA) is 55.9 Å². The van der Waals surface area contributed by atoms with Gasteiger partial charge in [-0.1, -0.05) is 23.2 Å². The lowest BCUT2D eigenvalue weighted by atomic mass is 10.2. The van der Waals surface area contributed by atoms with E-state index in [4.69, 9.17) is 28.9 Å². The molecule has 18 heavy (non-hydrogen) atoms. The van der Waals surface area contributed by atoms with Gasteiger partial charge in [0.2, 0.25) is 0 Å². The number of anilines is 2. The fourth-order valence-corrected chi connectivity index (χ4v) is 2.00. The number of halogens is 2. The smallest absolute Gasteiger partial charge is 0.110 e. The number of hydrogen-bond donors (Lipinski definition) is 2. The summed E-state index contributed by atoms with van der Waals surface area (Å²) in [5, 5.41) is 4.18. The van der Waals surface area contributed by atoms with E-state index in [1.54, 1.807) is 18.3 Å². The highest BCUT2D eigenvalue weighted by atomic mass is 35.5. The number of aryl methyl sites for hydroxylation is 1. The van der Waals surface area contributed by atoms with Crippen LogP contribution in [0.4, 0.5) is 11.4 Å². The molecule has 6 heteroatoms. The second-order valence-corrected chi connectivity index (χ2v) is 4.80. The lowest BCUT2D eigenvalue weighted by Gasteiger charge is -2.10. The number of hydrogen-bond acceptors (Lipinski definition) is 3. The SMILES string of the molecule is Cn1ccnc1CCNc1cc(Cl)c(Cl)cc1N. The first kappa shape index (κ1) is 13.1. The molecular weight excluding hydrogens is 271 g/mol. The molecule has 1 aromatic heterocycles. The van der Waals surface area contributed by atoms with Gasteiger partial charge in [0, 0.05) is 32.4 Å². The summed E-state index contributed by atoms with van der Waals surface area (Å²) in [7, 11) is 1.97. The molecule has 3 N–H and O–H groups in total.